The number of carbonyl (C=O) groups is 5. The number of ether oxygens (including phenoxy) is 2. The highest BCUT2D eigenvalue weighted by molar-refractivity contribution is 6.00. The molecule has 2 aromatic carbocycles. The molecule has 8 N–H and O–H groups in total. The lowest BCUT2D eigenvalue weighted by atomic mass is 10.0. The van der Waals surface area contributed by atoms with Gasteiger partial charge in [0.1, 0.15) is 17.2 Å². The fourth-order valence-corrected chi connectivity index (χ4v) is 4.76. The number of aromatic nitrogens is 1. The van der Waals surface area contributed by atoms with Crippen molar-refractivity contribution >= 4 is 46.6 Å². The van der Waals surface area contributed by atoms with Gasteiger partial charge in [-0.2, -0.15) is 0 Å². The summed E-state index contributed by atoms with van der Waals surface area (Å²) in [5, 5.41) is 31.4. The second-order valence-electron chi connectivity index (χ2n) is 13.5. The predicted molar refractivity (Wildman–Crippen MR) is 181 cm³/mol. The van der Waals surface area contributed by atoms with E-state index in [1.165, 1.54) is 22.9 Å². The molecule has 0 fully saturated rings. The van der Waals surface area contributed by atoms with Gasteiger partial charge in [0, 0.05) is 36.7 Å². The van der Waals surface area contributed by atoms with Crippen LogP contribution in [0.15, 0.2) is 54.7 Å². The fraction of sp³-hybridized carbons (Fsp3) is 0.441. The van der Waals surface area contributed by atoms with Gasteiger partial charge in [0.2, 0.25) is 11.6 Å². The molecule has 0 saturated carbocycles. The number of anilines is 1. The summed E-state index contributed by atoms with van der Waals surface area (Å²) in [4.78, 5) is 64.7. The highest BCUT2D eigenvalue weighted by Crippen LogP contribution is 2.25. The Bertz CT molecular complexity index is 1660. The van der Waals surface area contributed by atoms with Gasteiger partial charge in [0.25, 0.3) is 5.91 Å². The fourth-order valence-electron chi connectivity index (χ4n) is 4.76. The van der Waals surface area contributed by atoms with Gasteiger partial charge in [-0.15, -0.1) is 0 Å². The molecule has 3 rings (SSSR count). The molecule has 0 aliphatic carbocycles. The minimum absolute atomic E-state index is 0.0180. The maximum atomic E-state index is 14.0. The third kappa shape index (κ3) is 11.5. The number of urea groups is 1. The zero-order valence-electron chi connectivity index (χ0n) is 28.6. The van der Waals surface area contributed by atoms with E-state index in [1.54, 1.807) is 77.9 Å². The summed E-state index contributed by atoms with van der Waals surface area (Å²) in [7, 11) is 0. The minimum atomic E-state index is -2.54. The number of primary amides is 1. The molecule has 15 heteroatoms. The Labute approximate surface area is 284 Å². The first-order valence-corrected chi connectivity index (χ1v) is 15.7. The van der Waals surface area contributed by atoms with E-state index in [0.29, 0.717) is 22.0 Å². The SMILES string of the molecule is CC(C)(C)OC(=O)N[C@H](Cc1cn(C(=O)OC(C)(C)C)c2ccccc12)C(=O)NC(O)(CCCNC(N)=O)C(=O)Nc1ccc(CO)cc1. The summed E-state index contributed by atoms with van der Waals surface area (Å²) in [6.07, 6.45) is -0.628. The molecular formula is C34H46N6O9. The molecule has 1 unspecified atom stereocenters. The smallest absolute Gasteiger partial charge is 0.419 e. The van der Waals surface area contributed by atoms with Crippen molar-refractivity contribution in [2.75, 3.05) is 11.9 Å². The molecule has 1 heterocycles. The number of hydrogen-bond acceptors (Lipinski definition) is 9. The summed E-state index contributed by atoms with van der Waals surface area (Å²) in [6.45, 7) is 9.89. The lowest BCUT2D eigenvalue weighted by Crippen LogP contribution is -2.61. The van der Waals surface area contributed by atoms with Gasteiger partial charge < -0.3 is 46.7 Å². The Morgan fingerprint density at radius 3 is 2.14 bits per heavy atom. The van der Waals surface area contributed by atoms with Crippen LogP contribution in [0.25, 0.3) is 10.9 Å². The van der Waals surface area contributed by atoms with Crippen LogP contribution in [0.2, 0.25) is 0 Å². The normalized spacial score (nSPS) is 13.5. The number of fused-ring (bicyclic) bond motifs is 1. The Morgan fingerprint density at radius 1 is 0.918 bits per heavy atom. The van der Waals surface area contributed by atoms with Gasteiger partial charge in [0.05, 0.1) is 12.1 Å². The number of nitrogens with one attached hydrogen (secondary N) is 4. The molecule has 0 bridgehead atoms. The number of aliphatic hydroxyl groups is 2. The van der Waals surface area contributed by atoms with E-state index in [2.05, 4.69) is 21.3 Å². The van der Waals surface area contributed by atoms with Crippen LogP contribution >= 0.6 is 0 Å². The van der Waals surface area contributed by atoms with E-state index >= 15 is 0 Å². The molecular weight excluding hydrogens is 636 g/mol. The van der Waals surface area contributed by atoms with Crippen molar-refractivity contribution in [3.05, 3.63) is 65.9 Å². The van der Waals surface area contributed by atoms with E-state index in [1.807, 2.05) is 0 Å². The molecule has 0 saturated heterocycles. The summed E-state index contributed by atoms with van der Waals surface area (Å²) in [5.74, 6) is -1.95. The third-order valence-corrected chi connectivity index (χ3v) is 6.93. The standard InChI is InChI=1S/C34H46N6O9/c1-32(2,3)48-30(45)38-25(18-22-19-40(31(46)49-33(4,5)6)26-11-8-7-10-24(22)26)27(42)39-34(47,16-9-17-36-29(35)44)28(43)37-23-14-12-21(20-41)13-15-23/h7-8,10-15,19,25,41,47H,9,16-18,20H2,1-6H3,(H,37,43)(H,38,45)(H,39,42)(H3,35,36,44)/t25-,34?/m1/s1. The summed E-state index contributed by atoms with van der Waals surface area (Å²) in [5.41, 5.74) is 2.71. The quantitative estimate of drug-likeness (QED) is 0.110. The van der Waals surface area contributed by atoms with Crippen molar-refractivity contribution in [1.82, 2.24) is 20.5 Å². The van der Waals surface area contributed by atoms with Crippen LogP contribution in [0.3, 0.4) is 0 Å². The zero-order valence-corrected chi connectivity index (χ0v) is 28.6. The Morgan fingerprint density at radius 2 is 1.55 bits per heavy atom. The van der Waals surface area contributed by atoms with Crippen LogP contribution in [-0.2, 0) is 32.1 Å². The molecule has 0 spiro atoms. The number of nitrogens with zero attached hydrogens (tertiary/aromatic N) is 1. The molecule has 0 radical (unpaired) electrons. The second kappa shape index (κ2) is 15.8. The molecule has 266 valence electrons. The van der Waals surface area contributed by atoms with Crippen molar-refractivity contribution in [3.63, 3.8) is 0 Å². The highest BCUT2D eigenvalue weighted by atomic mass is 16.6. The number of nitrogens with two attached hydrogens (primary N) is 1. The van der Waals surface area contributed by atoms with E-state index in [0.717, 1.165) is 0 Å². The van der Waals surface area contributed by atoms with Crippen molar-refractivity contribution in [2.45, 2.75) is 90.4 Å². The molecule has 2 atom stereocenters. The second-order valence-corrected chi connectivity index (χ2v) is 13.5. The van der Waals surface area contributed by atoms with E-state index < -0.39 is 53.0 Å². The Balaban J connectivity index is 1.98. The predicted octanol–water partition coefficient (Wildman–Crippen LogP) is 3.24. The summed E-state index contributed by atoms with van der Waals surface area (Å²) < 4.78 is 12.3. The first kappa shape index (κ1) is 38.3. The van der Waals surface area contributed by atoms with Crippen LogP contribution in [0.5, 0.6) is 0 Å². The van der Waals surface area contributed by atoms with E-state index in [9.17, 15) is 34.2 Å². The molecule has 0 aliphatic rings. The number of carbonyl (C=O) groups excluding carboxylic acids is 5. The van der Waals surface area contributed by atoms with Crippen molar-refractivity contribution < 1.29 is 43.7 Å². The van der Waals surface area contributed by atoms with E-state index in [-0.39, 0.29) is 38.1 Å². The summed E-state index contributed by atoms with van der Waals surface area (Å²) in [6, 6.07) is 10.9. The number of para-hydroxylation sites is 1. The molecule has 5 amide bonds. The number of alkyl carbamates (subject to hydrolysis) is 1. The van der Waals surface area contributed by atoms with Crippen molar-refractivity contribution in [3.8, 4) is 0 Å². The average Bonchev–Trinajstić information content (AvgIpc) is 3.36. The van der Waals surface area contributed by atoms with Crippen LogP contribution < -0.4 is 27.0 Å². The van der Waals surface area contributed by atoms with Crippen molar-refractivity contribution in [1.29, 1.82) is 0 Å². The molecule has 15 nitrogen and oxygen atoms in total. The monoisotopic (exact) mass is 682 g/mol. The first-order chi connectivity index (χ1) is 22.8. The Kier molecular flexibility index (Phi) is 12.4. The van der Waals surface area contributed by atoms with Crippen LogP contribution in [0.1, 0.15) is 65.5 Å². The zero-order chi connectivity index (χ0) is 36.6. The molecule has 1 aromatic heterocycles. The molecule has 0 aliphatic heterocycles. The number of rotatable bonds is 12. The number of aliphatic hydroxyl groups excluding tert-OH is 1. The van der Waals surface area contributed by atoms with Gasteiger partial charge in [-0.1, -0.05) is 30.3 Å². The molecule has 3 aromatic rings. The third-order valence-electron chi connectivity index (χ3n) is 6.93. The lowest BCUT2D eigenvalue weighted by Gasteiger charge is -2.30. The van der Waals surface area contributed by atoms with Gasteiger partial charge in [0.15, 0.2) is 0 Å². The van der Waals surface area contributed by atoms with Crippen molar-refractivity contribution in [2.24, 2.45) is 5.73 Å². The van der Waals surface area contributed by atoms with E-state index in [4.69, 9.17) is 15.2 Å². The van der Waals surface area contributed by atoms with Gasteiger partial charge in [-0.3, -0.25) is 14.2 Å². The summed E-state index contributed by atoms with van der Waals surface area (Å²) >= 11 is 0. The number of benzene rings is 2. The first-order valence-electron chi connectivity index (χ1n) is 15.7. The maximum absolute atomic E-state index is 14.0. The average molecular weight is 683 g/mol. The maximum Gasteiger partial charge on any atom is 0.419 e. The molecule has 49 heavy (non-hydrogen) atoms. The topological polar surface area (TPSA) is 223 Å². The van der Waals surface area contributed by atoms with Gasteiger partial charge in [-0.25, -0.2) is 14.4 Å². The van der Waals surface area contributed by atoms with Gasteiger partial charge in [-0.05, 0) is 77.3 Å². The number of amides is 5. The minimum Gasteiger partial charge on any atom is -0.444 e. The highest BCUT2D eigenvalue weighted by Gasteiger charge is 2.40. The van der Waals surface area contributed by atoms with Crippen LogP contribution in [0.4, 0.5) is 20.1 Å². The number of hydrogen-bond donors (Lipinski definition) is 7. The Hall–Kier alpha value is -5.15. The van der Waals surface area contributed by atoms with Crippen LogP contribution in [0, 0.1) is 0 Å². The van der Waals surface area contributed by atoms with Crippen LogP contribution in [-0.4, -0.2) is 74.3 Å². The van der Waals surface area contributed by atoms with Gasteiger partial charge >= 0.3 is 18.2 Å². The lowest BCUT2D eigenvalue weighted by molar-refractivity contribution is -0.146. The largest absolute Gasteiger partial charge is 0.444 e.